The van der Waals surface area contributed by atoms with Crippen molar-refractivity contribution in [2.75, 3.05) is 31.3 Å². The molecule has 1 aliphatic heterocycles. The topological polar surface area (TPSA) is 159 Å². The highest BCUT2D eigenvalue weighted by molar-refractivity contribution is 7.89. The number of halogens is 1. The zero-order chi connectivity index (χ0) is 27.1. The quantitative estimate of drug-likeness (QED) is 0.390. The van der Waals surface area contributed by atoms with Crippen molar-refractivity contribution in [2.45, 2.75) is 36.7 Å². The zero-order valence-corrected chi connectivity index (χ0v) is 21.3. The number of nitrogen functional groups attached to an aromatic ring is 1. The summed E-state index contributed by atoms with van der Waals surface area (Å²) < 4.78 is 43.1. The van der Waals surface area contributed by atoms with Crippen molar-refractivity contribution < 1.29 is 27.5 Å². The fourth-order valence-corrected chi connectivity index (χ4v) is 5.75. The summed E-state index contributed by atoms with van der Waals surface area (Å²) in [5.74, 6) is -1.95. The Labute approximate surface area is 213 Å². The van der Waals surface area contributed by atoms with Gasteiger partial charge in [-0.1, -0.05) is 0 Å². The Morgan fingerprint density at radius 2 is 2.05 bits per heavy atom. The molecule has 0 saturated carbocycles. The van der Waals surface area contributed by atoms with Gasteiger partial charge in [-0.25, -0.2) is 27.6 Å². The summed E-state index contributed by atoms with van der Waals surface area (Å²) in [5.41, 5.74) is 6.51. The van der Waals surface area contributed by atoms with Crippen LogP contribution in [0.15, 0.2) is 41.6 Å². The number of amides is 1. The number of fused-ring (bicyclic) bond motifs is 1. The molecule has 1 amide bonds. The molecular weight excluding hydrogens is 503 g/mol. The molecule has 3 aromatic rings. The lowest BCUT2D eigenvalue weighted by molar-refractivity contribution is -0.148. The number of aryl methyl sites for hydroxylation is 1. The minimum Gasteiger partial charge on any atom is -0.480 e. The number of anilines is 2. The third-order valence-corrected chi connectivity index (χ3v) is 7.77. The molecule has 1 aliphatic rings. The monoisotopic (exact) mass is 530 g/mol. The maximum absolute atomic E-state index is 14.8. The summed E-state index contributed by atoms with van der Waals surface area (Å²) in [6.45, 7) is 1.71. The van der Waals surface area contributed by atoms with Gasteiger partial charge < -0.3 is 20.6 Å². The van der Waals surface area contributed by atoms with Crippen LogP contribution in [0, 0.1) is 12.7 Å². The fraction of sp³-hybridized carbons (Fsp3) is 0.333. The van der Waals surface area contributed by atoms with E-state index in [1.807, 2.05) is 0 Å². The average molecular weight is 531 g/mol. The molecule has 0 spiro atoms. The lowest BCUT2D eigenvalue weighted by Crippen LogP contribution is -2.48. The molecule has 0 radical (unpaired) electrons. The minimum absolute atomic E-state index is 0.00804. The van der Waals surface area contributed by atoms with Gasteiger partial charge in [-0.15, -0.1) is 0 Å². The first-order valence-corrected chi connectivity index (χ1v) is 12.9. The van der Waals surface area contributed by atoms with Gasteiger partial charge in [0.25, 0.3) is 0 Å². The highest BCUT2D eigenvalue weighted by atomic mass is 32.2. The predicted octanol–water partition coefficient (Wildman–Crippen LogP) is 1.30. The predicted molar refractivity (Wildman–Crippen MR) is 135 cm³/mol. The number of sulfonamides is 1. The number of carbonyl (C=O) groups excluding carboxylic acids is 1. The summed E-state index contributed by atoms with van der Waals surface area (Å²) in [7, 11) is -0.547. The molecule has 2 unspecified atom stereocenters. The van der Waals surface area contributed by atoms with E-state index in [0.29, 0.717) is 22.2 Å². The van der Waals surface area contributed by atoms with Crippen LogP contribution in [-0.2, 0) is 26.0 Å². The molecule has 13 heteroatoms. The summed E-state index contributed by atoms with van der Waals surface area (Å²) in [6, 6.07) is 3.19. The first-order valence-electron chi connectivity index (χ1n) is 11.4. The lowest BCUT2D eigenvalue weighted by atomic mass is 10.0. The maximum Gasteiger partial charge on any atom is 0.326 e. The number of rotatable bonds is 8. The van der Waals surface area contributed by atoms with Crippen molar-refractivity contribution in [3.05, 3.63) is 53.6 Å². The van der Waals surface area contributed by atoms with Crippen molar-refractivity contribution in [3.63, 3.8) is 0 Å². The highest BCUT2D eigenvalue weighted by Crippen LogP contribution is 2.26. The second kappa shape index (κ2) is 9.90. The standard InChI is InChI=1S/C24H27FN6O5S/c1-13-8-16(12-28-22(13)30(2)3)37(35,36)29-19-5-7-31(23(19)32)20(24(33)34)10-15-9-14-4-6-27-21(26)17(14)11-18(15)25/h4,6,8-9,11-12,19-20,29H,5,7,10H2,1-3H3,(H2,26,27)(H,33,34). The molecule has 1 fully saturated rings. The Balaban J connectivity index is 1.54. The number of carbonyl (C=O) groups is 2. The molecule has 2 atom stereocenters. The number of nitrogens with two attached hydrogens (primary N) is 1. The van der Waals surface area contributed by atoms with Crippen molar-refractivity contribution >= 4 is 44.3 Å². The zero-order valence-electron chi connectivity index (χ0n) is 20.5. The number of aromatic nitrogens is 2. The molecule has 1 aromatic carbocycles. The summed E-state index contributed by atoms with van der Waals surface area (Å²) in [5, 5.41) is 10.8. The van der Waals surface area contributed by atoms with Gasteiger partial charge in [0.05, 0.1) is 0 Å². The Kier molecular flexibility index (Phi) is 7.02. The molecule has 3 heterocycles. The molecule has 2 aromatic heterocycles. The third-order valence-electron chi connectivity index (χ3n) is 6.33. The first kappa shape index (κ1) is 26.2. The van der Waals surface area contributed by atoms with E-state index in [9.17, 15) is 27.5 Å². The Morgan fingerprint density at radius 1 is 1.32 bits per heavy atom. The molecule has 4 rings (SSSR count). The number of aliphatic carboxylic acids is 1. The van der Waals surface area contributed by atoms with Crippen molar-refractivity contribution in [2.24, 2.45) is 0 Å². The summed E-state index contributed by atoms with van der Waals surface area (Å²) >= 11 is 0. The summed E-state index contributed by atoms with van der Waals surface area (Å²) in [4.78, 5) is 36.0. The average Bonchev–Trinajstić information content (AvgIpc) is 3.16. The van der Waals surface area contributed by atoms with E-state index in [1.165, 1.54) is 30.6 Å². The first-order chi connectivity index (χ1) is 17.4. The Bertz CT molecular complexity index is 1500. The van der Waals surface area contributed by atoms with Crippen LogP contribution in [0.4, 0.5) is 16.0 Å². The molecule has 196 valence electrons. The maximum atomic E-state index is 14.8. The van der Waals surface area contributed by atoms with Crippen LogP contribution < -0.4 is 15.4 Å². The van der Waals surface area contributed by atoms with E-state index in [1.54, 1.807) is 32.0 Å². The highest BCUT2D eigenvalue weighted by Gasteiger charge is 2.41. The van der Waals surface area contributed by atoms with E-state index >= 15 is 0 Å². The van der Waals surface area contributed by atoms with Crippen LogP contribution in [0.5, 0.6) is 0 Å². The van der Waals surface area contributed by atoms with Crippen LogP contribution >= 0.6 is 0 Å². The van der Waals surface area contributed by atoms with Gasteiger partial charge >= 0.3 is 5.97 Å². The van der Waals surface area contributed by atoms with E-state index < -0.39 is 39.8 Å². The number of carboxylic acids is 1. The van der Waals surface area contributed by atoms with Gasteiger partial charge in [-0.3, -0.25) is 4.79 Å². The SMILES string of the molecule is Cc1cc(S(=O)(=O)NC2CCN(C(Cc3cc4ccnc(N)c4cc3F)C(=O)O)C2=O)cnc1N(C)C. The van der Waals surface area contributed by atoms with Crippen LogP contribution in [0.25, 0.3) is 10.8 Å². The second-order valence-electron chi connectivity index (χ2n) is 9.12. The van der Waals surface area contributed by atoms with E-state index in [4.69, 9.17) is 5.73 Å². The summed E-state index contributed by atoms with van der Waals surface area (Å²) in [6.07, 6.45) is 2.42. The van der Waals surface area contributed by atoms with Crippen LogP contribution in [0.1, 0.15) is 17.5 Å². The number of carboxylic acid groups (broad SMARTS) is 1. The second-order valence-corrected chi connectivity index (χ2v) is 10.8. The largest absolute Gasteiger partial charge is 0.480 e. The van der Waals surface area contributed by atoms with Gasteiger partial charge in [-0.05, 0) is 54.1 Å². The number of pyridine rings is 2. The number of nitrogens with one attached hydrogen (secondary N) is 1. The van der Waals surface area contributed by atoms with E-state index in [2.05, 4.69) is 14.7 Å². The van der Waals surface area contributed by atoms with Gasteiger partial charge in [0.1, 0.15) is 34.4 Å². The van der Waals surface area contributed by atoms with Gasteiger partial charge in [0.15, 0.2) is 0 Å². The van der Waals surface area contributed by atoms with E-state index in [0.717, 1.165) is 4.90 Å². The molecule has 11 nitrogen and oxygen atoms in total. The fourth-order valence-electron chi connectivity index (χ4n) is 4.49. The van der Waals surface area contributed by atoms with Crippen LogP contribution in [0.2, 0.25) is 0 Å². The lowest BCUT2D eigenvalue weighted by Gasteiger charge is -2.25. The van der Waals surface area contributed by atoms with Crippen molar-refractivity contribution in [1.82, 2.24) is 19.6 Å². The molecule has 1 saturated heterocycles. The van der Waals surface area contributed by atoms with Crippen molar-refractivity contribution in [1.29, 1.82) is 0 Å². The Morgan fingerprint density at radius 3 is 2.70 bits per heavy atom. The van der Waals surface area contributed by atoms with Crippen LogP contribution in [-0.4, -0.2) is 73.0 Å². The number of likely N-dealkylation sites (tertiary alicyclic amines) is 1. The number of hydrogen-bond donors (Lipinski definition) is 3. The number of benzene rings is 1. The number of hydrogen-bond acceptors (Lipinski definition) is 8. The normalized spacial score (nSPS) is 16.8. The number of nitrogens with zero attached hydrogens (tertiary/aromatic N) is 4. The molecule has 4 N–H and O–H groups in total. The smallest absolute Gasteiger partial charge is 0.326 e. The van der Waals surface area contributed by atoms with Gasteiger partial charge in [-0.2, -0.15) is 4.72 Å². The molecular formula is C24H27FN6O5S. The van der Waals surface area contributed by atoms with E-state index in [-0.39, 0.29) is 35.7 Å². The minimum atomic E-state index is -4.11. The van der Waals surface area contributed by atoms with Crippen molar-refractivity contribution in [3.8, 4) is 0 Å². The third kappa shape index (κ3) is 5.18. The van der Waals surface area contributed by atoms with Crippen LogP contribution in [0.3, 0.4) is 0 Å². The van der Waals surface area contributed by atoms with Gasteiger partial charge in [0, 0.05) is 44.8 Å². The molecule has 0 aliphatic carbocycles. The Hall–Kier alpha value is -3.84. The van der Waals surface area contributed by atoms with Gasteiger partial charge in [0.2, 0.25) is 15.9 Å². The molecule has 37 heavy (non-hydrogen) atoms. The molecule has 0 bridgehead atoms.